The van der Waals surface area contributed by atoms with E-state index in [1.54, 1.807) is 0 Å². The molecular formula is C13H14O. The van der Waals surface area contributed by atoms with E-state index in [4.69, 9.17) is 5.11 Å². The standard InChI is InChI=1S/C13H14O/c14-10-4-8-11-5-1-2-9-13(11)12-6-3-7-12/h1-2,5,9,12,14H,3,6-7,10H2. The molecule has 1 aliphatic rings. The van der Waals surface area contributed by atoms with Crippen molar-refractivity contribution in [3.8, 4) is 11.8 Å². The Labute approximate surface area is 84.8 Å². The van der Waals surface area contributed by atoms with Crippen molar-refractivity contribution in [3.05, 3.63) is 35.4 Å². The first-order chi connectivity index (χ1) is 6.92. The summed E-state index contributed by atoms with van der Waals surface area (Å²) in [6, 6.07) is 8.27. The largest absolute Gasteiger partial charge is 0.384 e. The van der Waals surface area contributed by atoms with Gasteiger partial charge in [-0.15, -0.1) is 0 Å². The zero-order valence-electron chi connectivity index (χ0n) is 8.16. The molecule has 0 unspecified atom stereocenters. The summed E-state index contributed by atoms with van der Waals surface area (Å²) >= 11 is 0. The Morgan fingerprint density at radius 3 is 2.71 bits per heavy atom. The molecule has 72 valence electrons. The molecule has 0 aliphatic heterocycles. The third-order valence-corrected chi connectivity index (χ3v) is 2.81. The second-order valence-corrected chi connectivity index (χ2v) is 3.67. The van der Waals surface area contributed by atoms with E-state index in [1.165, 1.54) is 24.8 Å². The highest BCUT2D eigenvalue weighted by Crippen LogP contribution is 2.37. The van der Waals surface area contributed by atoms with Crippen LogP contribution in [0, 0.1) is 11.8 Å². The van der Waals surface area contributed by atoms with Gasteiger partial charge in [0.15, 0.2) is 0 Å². The molecule has 1 N–H and O–H groups in total. The molecule has 0 radical (unpaired) electrons. The van der Waals surface area contributed by atoms with E-state index in [-0.39, 0.29) is 6.61 Å². The van der Waals surface area contributed by atoms with Crippen LogP contribution in [0.25, 0.3) is 0 Å². The van der Waals surface area contributed by atoms with Crippen LogP contribution in [0.15, 0.2) is 24.3 Å². The van der Waals surface area contributed by atoms with Crippen LogP contribution in [0.4, 0.5) is 0 Å². The molecule has 0 aromatic heterocycles. The van der Waals surface area contributed by atoms with Gasteiger partial charge in [-0.1, -0.05) is 36.5 Å². The summed E-state index contributed by atoms with van der Waals surface area (Å²) in [4.78, 5) is 0. The molecule has 0 atom stereocenters. The van der Waals surface area contributed by atoms with Gasteiger partial charge < -0.3 is 5.11 Å². The van der Waals surface area contributed by atoms with Gasteiger partial charge in [0, 0.05) is 5.56 Å². The lowest BCUT2D eigenvalue weighted by Gasteiger charge is -2.26. The lowest BCUT2D eigenvalue weighted by molar-refractivity contribution is 0.350. The molecule has 1 aromatic carbocycles. The van der Waals surface area contributed by atoms with Crippen LogP contribution < -0.4 is 0 Å². The average Bonchev–Trinajstić information content (AvgIpc) is 2.14. The fourth-order valence-electron chi connectivity index (χ4n) is 1.82. The molecule has 1 saturated carbocycles. The molecule has 0 bridgehead atoms. The SMILES string of the molecule is OCC#Cc1ccccc1C1CCC1. The van der Waals surface area contributed by atoms with Gasteiger partial charge in [-0.25, -0.2) is 0 Å². The van der Waals surface area contributed by atoms with Crippen LogP contribution >= 0.6 is 0 Å². The number of benzene rings is 1. The molecule has 0 amide bonds. The minimum atomic E-state index is -0.0565. The van der Waals surface area contributed by atoms with Gasteiger partial charge in [0.05, 0.1) is 0 Å². The first kappa shape index (κ1) is 9.30. The van der Waals surface area contributed by atoms with Crippen LogP contribution in [-0.2, 0) is 0 Å². The fraction of sp³-hybridized carbons (Fsp3) is 0.385. The van der Waals surface area contributed by atoms with Crippen molar-refractivity contribution < 1.29 is 5.11 Å². The van der Waals surface area contributed by atoms with Gasteiger partial charge in [0.25, 0.3) is 0 Å². The number of aliphatic hydroxyl groups is 1. The smallest absolute Gasteiger partial charge is 0.104 e. The first-order valence-corrected chi connectivity index (χ1v) is 5.10. The van der Waals surface area contributed by atoms with Gasteiger partial charge >= 0.3 is 0 Å². The molecule has 1 nitrogen and oxygen atoms in total. The lowest BCUT2D eigenvalue weighted by Crippen LogP contribution is -2.10. The number of hydrogen-bond acceptors (Lipinski definition) is 1. The maximum absolute atomic E-state index is 8.65. The topological polar surface area (TPSA) is 20.2 Å². The monoisotopic (exact) mass is 186 g/mol. The molecule has 1 aliphatic carbocycles. The Morgan fingerprint density at radius 1 is 1.29 bits per heavy atom. The highest BCUT2D eigenvalue weighted by molar-refractivity contribution is 5.43. The van der Waals surface area contributed by atoms with Crippen molar-refractivity contribution in [1.82, 2.24) is 0 Å². The highest BCUT2D eigenvalue weighted by Gasteiger charge is 2.20. The van der Waals surface area contributed by atoms with E-state index in [0.717, 1.165) is 5.56 Å². The van der Waals surface area contributed by atoms with E-state index in [0.29, 0.717) is 5.92 Å². The molecule has 0 saturated heterocycles. The minimum absolute atomic E-state index is 0.0565. The molecule has 1 aromatic rings. The number of aliphatic hydroxyl groups excluding tert-OH is 1. The van der Waals surface area contributed by atoms with Crippen LogP contribution in [0.2, 0.25) is 0 Å². The van der Waals surface area contributed by atoms with Crippen LogP contribution in [0.5, 0.6) is 0 Å². The quantitative estimate of drug-likeness (QED) is 0.667. The molecule has 1 heteroatoms. The minimum Gasteiger partial charge on any atom is -0.384 e. The molecule has 0 heterocycles. The van der Waals surface area contributed by atoms with Gasteiger partial charge in [-0.3, -0.25) is 0 Å². The van der Waals surface area contributed by atoms with Gasteiger partial charge in [0.2, 0.25) is 0 Å². The predicted octanol–water partition coefficient (Wildman–Crippen LogP) is 2.30. The zero-order chi connectivity index (χ0) is 9.80. The normalized spacial score (nSPS) is 15.5. The van der Waals surface area contributed by atoms with Crippen LogP contribution in [0.3, 0.4) is 0 Å². The first-order valence-electron chi connectivity index (χ1n) is 5.10. The molecule has 1 fully saturated rings. The van der Waals surface area contributed by atoms with Crippen molar-refractivity contribution in [2.75, 3.05) is 6.61 Å². The predicted molar refractivity (Wildman–Crippen MR) is 57.0 cm³/mol. The summed E-state index contributed by atoms with van der Waals surface area (Å²) in [6.45, 7) is -0.0565. The van der Waals surface area contributed by atoms with Crippen molar-refractivity contribution in [2.45, 2.75) is 25.2 Å². The lowest BCUT2D eigenvalue weighted by atomic mass is 9.78. The second kappa shape index (κ2) is 4.30. The Morgan fingerprint density at radius 2 is 2.07 bits per heavy atom. The van der Waals surface area contributed by atoms with Gasteiger partial charge in [-0.05, 0) is 30.4 Å². The van der Waals surface area contributed by atoms with E-state index in [9.17, 15) is 0 Å². The summed E-state index contributed by atoms with van der Waals surface area (Å²) in [5.74, 6) is 6.43. The van der Waals surface area contributed by atoms with Gasteiger partial charge in [-0.2, -0.15) is 0 Å². The van der Waals surface area contributed by atoms with E-state index >= 15 is 0 Å². The number of hydrogen-bond donors (Lipinski definition) is 1. The van der Waals surface area contributed by atoms with E-state index < -0.39 is 0 Å². The van der Waals surface area contributed by atoms with E-state index in [1.807, 2.05) is 12.1 Å². The van der Waals surface area contributed by atoms with Crippen LogP contribution in [-0.4, -0.2) is 11.7 Å². The Balaban J connectivity index is 2.28. The maximum Gasteiger partial charge on any atom is 0.104 e. The van der Waals surface area contributed by atoms with Crippen molar-refractivity contribution in [1.29, 1.82) is 0 Å². The Bertz CT molecular complexity index is 366. The zero-order valence-corrected chi connectivity index (χ0v) is 8.16. The summed E-state index contributed by atoms with van der Waals surface area (Å²) in [6.07, 6.45) is 3.92. The van der Waals surface area contributed by atoms with Crippen molar-refractivity contribution in [2.24, 2.45) is 0 Å². The summed E-state index contributed by atoms with van der Waals surface area (Å²) in [5, 5.41) is 8.65. The summed E-state index contributed by atoms with van der Waals surface area (Å²) < 4.78 is 0. The second-order valence-electron chi connectivity index (χ2n) is 3.67. The Kier molecular flexibility index (Phi) is 2.86. The molecule has 14 heavy (non-hydrogen) atoms. The third kappa shape index (κ3) is 1.81. The average molecular weight is 186 g/mol. The molecule has 0 spiro atoms. The van der Waals surface area contributed by atoms with E-state index in [2.05, 4.69) is 24.0 Å². The number of rotatable bonds is 1. The van der Waals surface area contributed by atoms with Crippen LogP contribution in [0.1, 0.15) is 36.3 Å². The fourth-order valence-corrected chi connectivity index (χ4v) is 1.82. The molecule has 2 rings (SSSR count). The maximum atomic E-state index is 8.65. The summed E-state index contributed by atoms with van der Waals surface area (Å²) in [5.41, 5.74) is 2.45. The third-order valence-electron chi connectivity index (χ3n) is 2.81. The van der Waals surface area contributed by atoms with Crippen molar-refractivity contribution >= 4 is 0 Å². The highest BCUT2D eigenvalue weighted by atomic mass is 16.2. The van der Waals surface area contributed by atoms with Gasteiger partial charge in [0.1, 0.15) is 6.61 Å². The molecular weight excluding hydrogens is 172 g/mol. The Hall–Kier alpha value is -1.26. The van der Waals surface area contributed by atoms with Crippen molar-refractivity contribution in [3.63, 3.8) is 0 Å². The summed E-state index contributed by atoms with van der Waals surface area (Å²) in [7, 11) is 0.